The minimum Gasteiger partial charge on any atom is -0.393 e. The summed E-state index contributed by atoms with van der Waals surface area (Å²) in [5.74, 6) is 0. The van der Waals surface area contributed by atoms with Gasteiger partial charge in [0.1, 0.15) is 17.5 Å². The molecule has 2 rings (SSSR count). The molecule has 3 atom stereocenters. The summed E-state index contributed by atoms with van der Waals surface area (Å²) < 4.78 is 6.18. The van der Waals surface area contributed by atoms with Crippen LogP contribution in [0.4, 0.5) is 0 Å². The molecule has 3 nitrogen and oxygen atoms in total. The van der Waals surface area contributed by atoms with Crippen LogP contribution >= 0.6 is 0 Å². The molecule has 0 aromatic carbocycles. The van der Waals surface area contributed by atoms with Crippen LogP contribution in [0.15, 0.2) is 71.4 Å². The fourth-order valence-corrected chi connectivity index (χ4v) is 4.24. The van der Waals surface area contributed by atoms with Gasteiger partial charge in [-0.3, -0.25) is 4.79 Å². The number of epoxide rings is 1. The molecule has 1 saturated heterocycles. The SMILES string of the molecule is C/C(C=O)=C/C=C/C=C(C)/C=C/C=C(C)\C=C\C12OC1(C)CC(O)CC2(C)C. The first-order valence-electron chi connectivity index (χ1n) is 9.95. The number of hydrogen-bond acceptors (Lipinski definition) is 3. The van der Waals surface area contributed by atoms with Crippen LogP contribution in [0.1, 0.15) is 54.4 Å². The molecule has 2 aliphatic rings. The van der Waals surface area contributed by atoms with Gasteiger partial charge in [-0.25, -0.2) is 0 Å². The highest BCUT2D eigenvalue weighted by molar-refractivity contribution is 5.72. The fraction of sp³-hybridized carbons (Fsp3) is 0.480. The lowest BCUT2D eigenvalue weighted by Gasteiger charge is -2.39. The van der Waals surface area contributed by atoms with Crippen molar-refractivity contribution in [3.8, 4) is 0 Å². The quantitative estimate of drug-likeness (QED) is 0.277. The Morgan fingerprint density at radius 3 is 2.07 bits per heavy atom. The van der Waals surface area contributed by atoms with E-state index in [2.05, 4.69) is 52.0 Å². The van der Waals surface area contributed by atoms with E-state index >= 15 is 0 Å². The number of aldehydes is 1. The van der Waals surface area contributed by atoms with Gasteiger partial charge >= 0.3 is 0 Å². The Labute approximate surface area is 169 Å². The van der Waals surface area contributed by atoms with Crippen LogP contribution in [0.25, 0.3) is 0 Å². The van der Waals surface area contributed by atoms with E-state index in [4.69, 9.17) is 4.74 Å². The number of carbonyl (C=O) groups is 1. The van der Waals surface area contributed by atoms with Crippen LogP contribution in [0, 0.1) is 5.41 Å². The van der Waals surface area contributed by atoms with Gasteiger partial charge in [-0.05, 0) is 45.8 Å². The van der Waals surface area contributed by atoms with Crippen molar-refractivity contribution < 1.29 is 14.6 Å². The molecule has 1 N–H and O–H groups in total. The zero-order valence-corrected chi connectivity index (χ0v) is 18.0. The highest BCUT2D eigenvalue weighted by Gasteiger charge is 2.74. The van der Waals surface area contributed by atoms with Gasteiger partial charge in [0.15, 0.2) is 0 Å². The summed E-state index contributed by atoms with van der Waals surface area (Å²) in [5.41, 5.74) is 2.34. The average Bonchev–Trinajstić information content (AvgIpc) is 3.22. The molecule has 1 aliphatic carbocycles. The smallest absolute Gasteiger partial charge is 0.145 e. The molecular weight excluding hydrogens is 348 g/mol. The lowest BCUT2D eigenvalue weighted by atomic mass is 9.63. The second kappa shape index (κ2) is 8.59. The Kier molecular flexibility index (Phi) is 6.84. The second-order valence-electron chi connectivity index (χ2n) is 8.94. The van der Waals surface area contributed by atoms with Gasteiger partial charge in [-0.1, -0.05) is 73.6 Å². The van der Waals surface area contributed by atoms with Crippen LogP contribution in [0.3, 0.4) is 0 Å². The third-order valence-corrected chi connectivity index (χ3v) is 5.82. The van der Waals surface area contributed by atoms with Crippen molar-refractivity contribution >= 4 is 6.29 Å². The third kappa shape index (κ3) is 4.89. The lowest BCUT2D eigenvalue weighted by Crippen LogP contribution is -2.46. The molecule has 0 radical (unpaired) electrons. The first-order valence-corrected chi connectivity index (χ1v) is 9.95. The van der Waals surface area contributed by atoms with Crippen molar-refractivity contribution in [2.45, 2.75) is 71.7 Å². The molecule has 0 aromatic rings. The van der Waals surface area contributed by atoms with Gasteiger partial charge in [0, 0.05) is 11.8 Å². The molecule has 0 bridgehead atoms. The molecule has 2 fully saturated rings. The van der Waals surface area contributed by atoms with Crippen molar-refractivity contribution in [1.82, 2.24) is 0 Å². The second-order valence-corrected chi connectivity index (χ2v) is 8.94. The number of carbonyl (C=O) groups excluding carboxylic acids is 1. The largest absolute Gasteiger partial charge is 0.393 e. The maximum absolute atomic E-state index is 10.5. The average molecular weight is 383 g/mol. The zero-order valence-electron chi connectivity index (χ0n) is 18.0. The zero-order chi connectivity index (χ0) is 21.0. The van der Waals surface area contributed by atoms with Crippen LogP contribution in [-0.4, -0.2) is 28.7 Å². The van der Waals surface area contributed by atoms with Gasteiger partial charge in [-0.2, -0.15) is 0 Å². The van der Waals surface area contributed by atoms with Gasteiger partial charge in [0.2, 0.25) is 0 Å². The highest BCUT2D eigenvalue weighted by atomic mass is 16.6. The summed E-state index contributed by atoms with van der Waals surface area (Å²) in [5, 5.41) is 10.1. The molecule has 0 amide bonds. The number of ether oxygens (including phenoxy) is 1. The minimum absolute atomic E-state index is 0.0889. The summed E-state index contributed by atoms with van der Waals surface area (Å²) in [6.45, 7) is 12.4. The monoisotopic (exact) mass is 382 g/mol. The molecule has 0 aromatic heterocycles. The Balaban J connectivity index is 1.99. The van der Waals surface area contributed by atoms with Crippen molar-refractivity contribution in [2.75, 3.05) is 0 Å². The van der Waals surface area contributed by atoms with E-state index in [1.807, 2.05) is 31.2 Å². The summed E-state index contributed by atoms with van der Waals surface area (Å²) in [6.07, 6.45) is 20.1. The van der Waals surface area contributed by atoms with Crippen molar-refractivity contribution in [3.05, 3.63) is 71.4 Å². The molecule has 3 heteroatoms. The summed E-state index contributed by atoms with van der Waals surface area (Å²) in [4.78, 5) is 10.5. The van der Waals surface area contributed by atoms with E-state index in [9.17, 15) is 9.90 Å². The third-order valence-electron chi connectivity index (χ3n) is 5.82. The Morgan fingerprint density at radius 2 is 1.46 bits per heavy atom. The van der Waals surface area contributed by atoms with Gasteiger partial charge in [0.05, 0.1) is 6.10 Å². The minimum atomic E-state index is -0.287. The Morgan fingerprint density at radius 1 is 0.893 bits per heavy atom. The number of hydrogen-bond donors (Lipinski definition) is 1. The van der Waals surface area contributed by atoms with Gasteiger partial charge < -0.3 is 9.84 Å². The first kappa shape index (κ1) is 22.3. The van der Waals surface area contributed by atoms with Crippen molar-refractivity contribution in [2.24, 2.45) is 5.41 Å². The maximum atomic E-state index is 10.5. The molecule has 28 heavy (non-hydrogen) atoms. The van der Waals surface area contributed by atoms with Crippen LogP contribution in [0.5, 0.6) is 0 Å². The topological polar surface area (TPSA) is 49.8 Å². The molecule has 3 unspecified atom stereocenters. The number of fused-ring (bicyclic) bond motifs is 1. The van der Waals surface area contributed by atoms with Crippen LogP contribution in [-0.2, 0) is 9.53 Å². The van der Waals surface area contributed by atoms with Gasteiger partial charge in [-0.15, -0.1) is 0 Å². The number of aliphatic hydroxyl groups excluding tert-OH is 1. The maximum Gasteiger partial charge on any atom is 0.145 e. The summed E-state index contributed by atoms with van der Waals surface area (Å²) in [7, 11) is 0. The van der Waals surface area contributed by atoms with Crippen LogP contribution < -0.4 is 0 Å². The summed E-state index contributed by atoms with van der Waals surface area (Å²) in [6, 6.07) is 0. The van der Waals surface area contributed by atoms with E-state index in [1.165, 1.54) is 0 Å². The normalized spacial score (nSPS) is 33.7. The lowest BCUT2D eigenvalue weighted by molar-refractivity contribution is -0.104. The van der Waals surface area contributed by atoms with E-state index in [0.29, 0.717) is 12.0 Å². The standard InChI is InChI=1S/C25H34O3/c1-19(10-7-8-11-21(3)18-26)12-9-13-20(2)14-15-25-23(4,5)16-22(27)17-24(25,6)28-25/h7-15,18,22,27H,16-17H2,1-6H3/b8-7+,12-9+,15-14+,19-10+,20-13-,21-11-. The van der Waals surface area contributed by atoms with Crippen molar-refractivity contribution in [3.63, 3.8) is 0 Å². The van der Waals surface area contributed by atoms with Crippen molar-refractivity contribution in [1.29, 1.82) is 0 Å². The Hall–Kier alpha value is -1.97. The number of aliphatic hydroxyl groups is 1. The summed E-state index contributed by atoms with van der Waals surface area (Å²) >= 11 is 0. The molecular formula is C25H34O3. The molecule has 152 valence electrons. The molecule has 0 spiro atoms. The van der Waals surface area contributed by atoms with Gasteiger partial charge in [0.25, 0.3) is 0 Å². The number of allylic oxidation sites excluding steroid dienone is 11. The Bertz CT molecular complexity index is 776. The molecule has 1 aliphatic heterocycles. The van der Waals surface area contributed by atoms with E-state index in [-0.39, 0.29) is 22.7 Å². The van der Waals surface area contributed by atoms with E-state index in [0.717, 1.165) is 23.9 Å². The van der Waals surface area contributed by atoms with E-state index < -0.39 is 0 Å². The molecule has 1 saturated carbocycles. The number of rotatable bonds is 7. The van der Waals surface area contributed by atoms with Crippen LogP contribution in [0.2, 0.25) is 0 Å². The highest BCUT2D eigenvalue weighted by Crippen LogP contribution is 2.66. The first-order chi connectivity index (χ1) is 13.1. The predicted molar refractivity (Wildman–Crippen MR) is 116 cm³/mol. The van der Waals surface area contributed by atoms with E-state index in [1.54, 1.807) is 13.0 Å². The fourth-order valence-electron chi connectivity index (χ4n) is 4.24. The predicted octanol–water partition coefficient (Wildman–Crippen LogP) is 5.40. The molecule has 1 heterocycles.